The lowest BCUT2D eigenvalue weighted by atomic mass is 10.0. The monoisotopic (exact) mass is 310 g/mol. The van der Waals surface area contributed by atoms with E-state index in [9.17, 15) is 4.79 Å². The highest BCUT2D eigenvalue weighted by molar-refractivity contribution is 5.73. The summed E-state index contributed by atoms with van der Waals surface area (Å²) in [5.74, 6) is 0.711. The number of carbonyl (C=O) groups is 1. The van der Waals surface area contributed by atoms with Crippen molar-refractivity contribution in [2.75, 3.05) is 5.32 Å². The van der Waals surface area contributed by atoms with Crippen molar-refractivity contribution in [2.45, 2.75) is 45.2 Å². The number of amides is 1. The first-order chi connectivity index (χ1) is 11.1. The summed E-state index contributed by atoms with van der Waals surface area (Å²) in [7, 11) is 0. The van der Waals surface area contributed by atoms with E-state index in [-0.39, 0.29) is 11.9 Å². The van der Waals surface area contributed by atoms with Crippen LogP contribution in [0.2, 0.25) is 0 Å². The summed E-state index contributed by atoms with van der Waals surface area (Å²) in [4.78, 5) is 19.8. The fraction of sp³-hybridized carbons (Fsp3) is 0.389. The second-order valence-corrected chi connectivity index (χ2v) is 6.22. The standard InChI is InChI=1S/C18H22N4O/c1-12(21-13(2)23)9-14-3-5-15(6-4-14)16-10-19-18(20-11-16)22-17-7-8-17/h3-6,10-12,17H,7-9H2,1-2H3,(H,21,23)(H,19,20,22). The second-order valence-electron chi connectivity index (χ2n) is 6.22. The number of rotatable bonds is 6. The van der Waals surface area contributed by atoms with Crippen molar-refractivity contribution in [3.63, 3.8) is 0 Å². The van der Waals surface area contributed by atoms with E-state index in [0.29, 0.717) is 12.0 Å². The lowest BCUT2D eigenvalue weighted by Crippen LogP contribution is -2.31. The fourth-order valence-electron chi connectivity index (χ4n) is 2.55. The van der Waals surface area contributed by atoms with Crippen LogP contribution in [0, 0.1) is 0 Å². The third-order valence-corrected chi connectivity index (χ3v) is 3.84. The minimum absolute atomic E-state index is 0.00571. The number of anilines is 1. The average molecular weight is 310 g/mol. The molecule has 1 aliphatic carbocycles. The third kappa shape index (κ3) is 4.52. The topological polar surface area (TPSA) is 66.9 Å². The van der Waals surface area contributed by atoms with Gasteiger partial charge < -0.3 is 10.6 Å². The highest BCUT2D eigenvalue weighted by Crippen LogP contribution is 2.24. The summed E-state index contributed by atoms with van der Waals surface area (Å²) in [5.41, 5.74) is 3.30. The van der Waals surface area contributed by atoms with Crippen molar-refractivity contribution in [1.82, 2.24) is 15.3 Å². The first-order valence-corrected chi connectivity index (χ1v) is 8.05. The normalized spacial score (nSPS) is 15.0. The smallest absolute Gasteiger partial charge is 0.222 e. The highest BCUT2D eigenvalue weighted by atomic mass is 16.1. The van der Waals surface area contributed by atoms with Crippen LogP contribution >= 0.6 is 0 Å². The Kier molecular flexibility index (Phi) is 4.55. The fourth-order valence-corrected chi connectivity index (χ4v) is 2.55. The number of hydrogen-bond acceptors (Lipinski definition) is 4. The van der Waals surface area contributed by atoms with Crippen LogP contribution in [-0.4, -0.2) is 28.0 Å². The van der Waals surface area contributed by atoms with Crippen LogP contribution in [0.25, 0.3) is 11.1 Å². The van der Waals surface area contributed by atoms with Crippen molar-refractivity contribution in [2.24, 2.45) is 0 Å². The molecule has 1 saturated carbocycles. The summed E-state index contributed by atoms with van der Waals surface area (Å²) >= 11 is 0. The van der Waals surface area contributed by atoms with E-state index in [1.165, 1.54) is 18.4 Å². The van der Waals surface area contributed by atoms with Gasteiger partial charge in [-0.25, -0.2) is 9.97 Å². The van der Waals surface area contributed by atoms with Gasteiger partial charge in [0.2, 0.25) is 11.9 Å². The molecule has 1 aromatic heterocycles. The Morgan fingerprint density at radius 2 is 1.83 bits per heavy atom. The molecule has 0 aliphatic heterocycles. The molecule has 2 N–H and O–H groups in total. The van der Waals surface area contributed by atoms with Gasteiger partial charge in [0.05, 0.1) is 0 Å². The Morgan fingerprint density at radius 3 is 2.39 bits per heavy atom. The predicted octanol–water partition coefficient (Wildman–Crippen LogP) is 2.79. The first kappa shape index (κ1) is 15.5. The van der Waals surface area contributed by atoms with Crippen molar-refractivity contribution in [1.29, 1.82) is 0 Å². The molecule has 1 fully saturated rings. The van der Waals surface area contributed by atoms with E-state index in [1.54, 1.807) is 6.92 Å². The van der Waals surface area contributed by atoms with Crippen molar-refractivity contribution in [3.05, 3.63) is 42.2 Å². The van der Waals surface area contributed by atoms with Gasteiger partial charge in [-0.05, 0) is 37.3 Å². The quantitative estimate of drug-likeness (QED) is 0.861. The average Bonchev–Trinajstić information content (AvgIpc) is 3.32. The number of benzene rings is 1. The summed E-state index contributed by atoms with van der Waals surface area (Å²) in [6, 6.07) is 9.01. The van der Waals surface area contributed by atoms with Gasteiger partial charge in [-0.2, -0.15) is 0 Å². The zero-order valence-corrected chi connectivity index (χ0v) is 13.5. The number of hydrogen-bond donors (Lipinski definition) is 2. The molecule has 23 heavy (non-hydrogen) atoms. The molecule has 5 nitrogen and oxygen atoms in total. The van der Waals surface area contributed by atoms with E-state index in [2.05, 4.69) is 44.9 Å². The van der Waals surface area contributed by atoms with Crippen molar-refractivity contribution < 1.29 is 4.79 Å². The maximum atomic E-state index is 11.1. The van der Waals surface area contributed by atoms with Crippen LogP contribution in [0.5, 0.6) is 0 Å². The largest absolute Gasteiger partial charge is 0.354 e. The van der Waals surface area contributed by atoms with Gasteiger partial charge >= 0.3 is 0 Å². The van der Waals surface area contributed by atoms with Gasteiger partial charge in [0, 0.05) is 37.0 Å². The van der Waals surface area contributed by atoms with Gasteiger partial charge in [0.25, 0.3) is 0 Å². The van der Waals surface area contributed by atoms with E-state index in [1.807, 2.05) is 19.3 Å². The molecular formula is C18H22N4O. The van der Waals surface area contributed by atoms with Gasteiger partial charge in [0.1, 0.15) is 0 Å². The zero-order valence-electron chi connectivity index (χ0n) is 13.5. The molecule has 1 aliphatic rings. The van der Waals surface area contributed by atoms with Crippen LogP contribution < -0.4 is 10.6 Å². The number of nitrogens with zero attached hydrogens (tertiary/aromatic N) is 2. The molecule has 3 rings (SSSR count). The molecule has 1 heterocycles. The molecule has 0 spiro atoms. The highest BCUT2D eigenvalue weighted by Gasteiger charge is 2.21. The maximum absolute atomic E-state index is 11.1. The molecule has 1 amide bonds. The molecule has 2 aromatic rings. The van der Waals surface area contributed by atoms with Crippen LogP contribution in [0.15, 0.2) is 36.7 Å². The number of aromatic nitrogens is 2. The summed E-state index contributed by atoms with van der Waals surface area (Å²) in [6.07, 6.45) is 6.95. The van der Waals surface area contributed by atoms with Gasteiger partial charge in [-0.15, -0.1) is 0 Å². The molecule has 1 unspecified atom stereocenters. The van der Waals surface area contributed by atoms with E-state index >= 15 is 0 Å². The minimum atomic E-state index is 0.00571. The Balaban J connectivity index is 1.62. The third-order valence-electron chi connectivity index (χ3n) is 3.84. The second kappa shape index (κ2) is 6.77. The Morgan fingerprint density at radius 1 is 1.17 bits per heavy atom. The van der Waals surface area contributed by atoms with Crippen LogP contribution in [0.1, 0.15) is 32.3 Å². The molecule has 1 aromatic carbocycles. The molecule has 120 valence electrons. The molecule has 0 saturated heterocycles. The molecule has 0 bridgehead atoms. The number of carbonyl (C=O) groups excluding carboxylic acids is 1. The first-order valence-electron chi connectivity index (χ1n) is 8.05. The van der Waals surface area contributed by atoms with Crippen molar-refractivity contribution in [3.8, 4) is 11.1 Å². The Hall–Kier alpha value is -2.43. The maximum Gasteiger partial charge on any atom is 0.222 e. The molecule has 5 heteroatoms. The van der Waals surface area contributed by atoms with Crippen LogP contribution in [0.4, 0.5) is 5.95 Å². The zero-order chi connectivity index (χ0) is 16.2. The SMILES string of the molecule is CC(=O)NC(C)Cc1ccc(-c2cnc(NC3CC3)nc2)cc1. The van der Waals surface area contributed by atoms with Gasteiger partial charge in [-0.3, -0.25) is 4.79 Å². The van der Waals surface area contributed by atoms with E-state index in [4.69, 9.17) is 0 Å². The lowest BCUT2D eigenvalue weighted by molar-refractivity contribution is -0.119. The van der Waals surface area contributed by atoms with Crippen molar-refractivity contribution >= 4 is 11.9 Å². The minimum Gasteiger partial charge on any atom is -0.354 e. The van der Waals surface area contributed by atoms with E-state index in [0.717, 1.165) is 17.5 Å². The Bertz CT molecular complexity index is 662. The molecule has 0 radical (unpaired) electrons. The molecule has 1 atom stereocenters. The summed E-state index contributed by atoms with van der Waals surface area (Å²) in [5, 5.41) is 6.18. The predicted molar refractivity (Wildman–Crippen MR) is 91.1 cm³/mol. The Labute approximate surface area is 136 Å². The number of nitrogens with one attached hydrogen (secondary N) is 2. The van der Waals surface area contributed by atoms with Gasteiger partial charge in [-0.1, -0.05) is 24.3 Å². The van der Waals surface area contributed by atoms with Crippen LogP contribution in [0.3, 0.4) is 0 Å². The lowest BCUT2D eigenvalue weighted by Gasteiger charge is -2.12. The van der Waals surface area contributed by atoms with E-state index < -0.39 is 0 Å². The molecular weight excluding hydrogens is 288 g/mol. The van der Waals surface area contributed by atoms with Crippen LogP contribution in [-0.2, 0) is 11.2 Å². The summed E-state index contributed by atoms with van der Waals surface area (Å²) in [6.45, 7) is 3.55. The van der Waals surface area contributed by atoms with Gasteiger partial charge in [0.15, 0.2) is 0 Å². The summed E-state index contributed by atoms with van der Waals surface area (Å²) < 4.78 is 0.